The van der Waals surface area contributed by atoms with Gasteiger partial charge in [-0.2, -0.15) is 0 Å². The van der Waals surface area contributed by atoms with Crippen molar-refractivity contribution < 1.29 is 28.7 Å². The lowest BCUT2D eigenvalue weighted by Crippen LogP contribution is -2.57. The van der Waals surface area contributed by atoms with Gasteiger partial charge in [0.2, 0.25) is 23.6 Å². The maximum absolute atomic E-state index is 14.5. The van der Waals surface area contributed by atoms with Gasteiger partial charge < -0.3 is 51.6 Å². The number of carbonyl (C=O) groups excluding carboxylic acids is 4. The fourth-order valence-corrected chi connectivity index (χ4v) is 14.3. The van der Waals surface area contributed by atoms with E-state index in [2.05, 4.69) is 54.3 Å². The van der Waals surface area contributed by atoms with Crippen LogP contribution < -0.4 is 32.3 Å². The summed E-state index contributed by atoms with van der Waals surface area (Å²) in [6.45, 7) is 9.84. The zero-order valence-corrected chi connectivity index (χ0v) is 45.1. The molecule has 9 atom stereocenters. The number of fused-ring (bicyclic) bond motifs is 2. The highest BCUT2D eigenvalue weighted by Crippen LogP contribution is 2.48. The molecule has 7 rings (SSSR count). The predicted molar refractivity (Wildman–Crippen MR) is 291 cm³/mol. The maximum Gasteiger partial charge on any atom is 0.246 e. The molecule has 14 nitrogen and oxygen atoms in total. The van der Waals surface area contributed by atoms with Gasteiger partial charge in [-0.3, -0.25) is 19.2 Å². The van der Waals surface area contributed by atoms with E-state index >= 15 is 0 Å². The lowest BCUT2D eigenvalue weighted by Gasteiger charge is -2.35. The average molecular weight is 1050 g/mol. The molecule has 7 N–H and O–H groups in total. The fraction of sp³-hybridized carbons (Fsp3) is 0.547. The van der Waals surface area contributed by atoms with Crippen LogP contribution in [-0.4, -0.2) is 124 Å². The molecule has 0 radical (unpaired) electrons. The van der Waals surface area contributed by atoms with Crippen LogP contribution in [0.5, 0.6) is 0 Å². The highest BCUT2D eigenvalue weighted by Gasteiger charge is 2.55. The monoisotopic (exact) mass is 1040 g/mol. The SMILES string of the molecule is CNCC(=S)N[C@H]1CCS[C@H]2CC(C)(C)[C@@H](C(=O)N[C@H](COCc3ccc(COC[C@@H](NC(=O)C4N5C(=O)CC(C[C@H](NC)C(N)=S)CS[C@H]5CC4(C)C)c4ccccc4)cc3)c3ccccc3)N2C1=O. The number of thioether (sulfide) groups is 2. The molecule has 0 spiro atoms. The Hall–Kier alpha value is -4.14. The Balaban J connectivity index is 0.949. The molecule has 4 saturated heterocycles. The van der Waals surface area contributed by atoms with E-state index in [-0.39, 0.29) is 59.5 Å². The average Bonchev–Trinajstić information content (AvgIpc) is 3.66. The van der Waals surface area contributed by atoms with Crippen molar-refractivity contribution in [3.05, 3.63) is 107 Å². The third kappa shape index (κ3) is 13.7. The van der Waals surface area contributed by atoms with Gasteiger partial charge in [-0.1, -0.05) is 137 Å². The molecule has 4 heterocycles. The first-order valence-electron chi connectivity index (χ1n) is 24.7. The minimum Gasteiger partial charge on any atom is -0.392 e. The van der Waals surface area contributed by atoms with Crippen LogP contribution in [0.4, 0.5) is 0 Å². The van der Waals surface area contributed by atoms with Gasteiger partial charge in [0.25, 0.3) is 0 Å². The molecule has 4 fully saturated rings. The first kappa shape index (κ1) is 54.6. The van der Waals surface area contributed by atoms with E-state index in [9.17, 15) is 19.2 Å². The number of likely N-dealkylation sites (N-methyl/N-ethyl adjacent to an activating group) is 2. The van der Waals surface area contributed by atoms with Crippen LogP contribution in [0.1, 0.15) is 94.1 Å². The summed E-state index contributed by atoms with van der Waals surface area (Å²) in [6, 6.07) is 24.8. The summed E-state index contributed by atoms with van der Waals surface area (Å²) < 4.78 is 12.6. The fourth-order valence-electron chi connectivity index (χ4n) is 10.5. The zero-order chi connectivity index (χ0) is 50.9. The third-order valence-corrected chi connectivity index (χ3v) is 17.4. The summed E-state index contributed by atoms with van der Waals surface area (Å²) in [5.41, 5.74) is 8.82. The number of rotatable bonds is 21. The Morgan fingerprint density at radius 1 is 0.761 bits per heavy atom. The Kier molecular flexibility index (Phi) is 19.0. The van der Waals surface area contributed by atoms with E-state index in [0.29, 0.717) is 61.8 Å². The van der Waals surface area contributed by atoms with E-state index in [1.165, 1.54) is 0 Å². The van der Waals surface area contributed by atoms with Gasteiger partial charge in [0.1, 0.15) is 18.1 Å². The molecule has 71 heavy (non-hydrogen) atoms. The van der Waals surface area contributed by atoms with Crippen LogP contribution in [0.25, 0.3) is 0 Å². The number of hydrogen-bond donors (Lipinski definition) is 6. The standard InChI is InChI=1S/C53H72N8O6S4/c1-52(2)25-44-60(43(62)24-35(32-71-44)23-39(56-6)48(54)69)46(52)49(63)58-40(36-13-9-7-10-14-36)30-66-28-33-17-19-34(20-18-33)29-67-31-41(37-15-11-8-12-16-37)59-50(64)47-53(3,4)26-45-61(47)51(65)38(21-22-70-45)57-42(68)27-55-5/h7-20,35,38-41,44-47,55-56H,21-32H2,1-6H3,(H2,54,69)(H,57,68)(H,58,63)(H,59,64)/t35?,38-,39-,40+,41+,44-,45-,46?,47+/m0/s1. The number of ether oxygens (including phenoxy) is 2. The normalized spacial score (nSPS) is 24.9. The van der Waals surface area contributed by atoms with Crippen LogP contribution in [0.3, 0.4) is 0 Å². The van der Waals surface area contributed by atoms with Crippen molar-refractivity contribution in [1.82, 2.24) is 36.4 Å². The Labute approximate surface area is 439 Å². The van der Waals surface area contributed by atoms with Gasteiger partial charge in [0.15, 0.2) is 0 Å². The summed E-state index contributed by atoms with van der Waals surface area (Å²) in [4.78, 5) is 61.7. The summed E-state index contributed by atoms with van der Waals surface area (Å²) in [5.74, 6) is 1.17. The van der Waals surface area contributed by atoms with Crippen molar-refractivity contribution in [3.63, 3.8) is 0 Å². The summed E-state index contributed by atoms with van der Waals surface area (Å²) >= 11 is 14.2. The number of nitrogens with two attached hydrogens (primary N) is 1. The molecule has 0 bridgehead atoms. The second kappa shape index (κ2) is 24.7. The van der Waals surface area contributed by atoms with E-state index in [4.69, 9.17) is 39.6 Å². The van der Waals surface area contributed by atoms with Crippen LogP contribution in [0.2, 0.25) is 0 Å². The molecular weight excluding hydrogens is 973 g/mol. The summed E-state index contributed by atoms with van der Waals surface area (Å²) in [5, 5.41) is 15.9. The van der Waals surface area contributed by atoms with Gasteiger partial charge in [-0.05, 0) is 90.3 Å². The number of carbonyl (C=O) groups is 4. The maximum atomic E-state index is 14.5. The Bertz CT molecular complexity index is 2330. The van der Waals surface area contributed by atoms with E-state index < -0.39 is 41.0 Å². The molecule has 18 heteroatoms. The number of benzene rings is 3. The quantitative estimate of drug-likeness (QED) is 0.0685. The Morgan fingerprint density at radius 2 is 1.27 bits per heavy atom. The molecule has 3 aromatic rings. The lowest BCUT2D eigenvalue weighted by molar-refractivity contribution is -0.142. The van der Waals surface area contributed by atoms with Crippen molar-refractivity contribution in [2.45, 2.75) is 120 Å². The summed E-state index contributed by atoms with van der Waals surface area (Å²) in [7, 11) is 3.64. The van der Waals surface area contributed by atoms with Gasteiger partial charge in [-0.25, -0.2) is 0 Å². The predicted octanol–water partition coefficient (Wildman–Crippen LogP) is 6.00. The highest BCUT2D eigenvalue weighted by molar-refractivity contribution is 8.00. The lowest BCUT2D eigenvalue weighted by atomic mass is 9.83. The summed E-state index contributed by atoms with van der Waals surface area (Å²) in [6.07, 6.45) is 3.06. The molecule has 0 aromatic heterocycles. The largest absolute Gasteiger partial charge is 0.392 e. The highest BCUT2D eigenvalue weighted by atomic mass is 32.2. The topological polar surface area (TPSA) is 179 Å². The van der Waals surface area contributed by atoms with Crippen LogP contribution >= 0.6 is 48.0 Å². The van der Waals surface area contributed by atoms with E-state index in [1.807, 2.05) is 104 Å². The molecule has 0 aliphatic carbocycles. The second-order valence-electron chi connectivity index (χ2n) is 20.6. The first-order chi connectivity index (χ1) is 34.0. The first-order valence-corrected chi connectivity index (χ1v) is 27.6. The third-order valence-electron chi connectivity index (χ3n) is 14.2. The number of thiocarbonyl (C=S) groups is 2. The van der Waals surface area contributed by atoms with Crippen LogP contribution in [0.15, 0.2) is 84.9 Å². The molecule has 4 aliphatic rings. The van der Waals surface area contributed by atoms with Crippen molar-refractivity contribution in [2.75, 3.05) is 45.4 Å². The molecular formula is C53H72N8O6S4. The smallest absolute Gasteiger partial charge is 0.246 e. The minimum atomic E-state index is -0.669. The molecule has 0 saturated carbocycles. The van der Waals surface area contributed by atoms with E-state index in [1.54, 1.807) is 28.4 Å². The van der Waals surface area contributed by atoms with Crippen LogP contribution in [0, 0.1) is 16.7 Å². The van der Waals surface area contributed by atoms with Gasteiger partial charge in [0, 0.05) is 13.0 Å². The van der Waals surface area contributed by atoms with Crippen molar-refractivity contribution >= 4 is 81.6 Å². The molecule has 3 aromatic carbocycles. The van der Waals surface area contributed by atoms with Gasteiger partial charge in [0.05, 0.1) is 65.3 Å². The number of amides is 4. The number of nitrogens with one attached hydrogen (secondary N) is 5. The van der Waals surface area contributed by atoms with Crippen LogP contribution in [-0.2, 0) is 41.9 Å². The van der Waals surface area contributed by atoms with E-state index in [0.717, 1.165) is 33.8 Å². The molecule has 4 aliphatic heterocycles. The molecule has 2 unspecified atom stereocenters. The number of hydrogen-bond acceptors (Lipinski definition) is 12. The van der Waals surface area contributed by atoms with Crippen molar-refractivity contribution in [3.8, 4) is 0 Å². The second-order valence-corrected chi connectivity index (χ2v) is 24.1. The van der Waals surface area contributed by atoms with Crippen molar-refractivity contribution in [1.29, 1.82) is 0 Å². The van der Waals surface area contributed by atoms with Gasteiger partial charge in [-0.15, -0.1) is 23.5 Å². The number of nitrogens with zero attached hydrogens (tertiary/aromatic N) is 2. The molecule has 384 valence electrons. The minimum absolute atomic E-state index is 0.0147. The van der Waals surface area contributed by atoms with Crippen molar-refractivity contribution in [2.24, 2.45) is 22.5 Å². The molecule has 4 amide bonds. The van der Waals surface area contributed by atoms with Gasteiger partial charge >= 0.3 is 0 Å². The zero-order valence-electron chi connectivity index (χ0n) is 41.8. The Morgan fingerprint density at radius 3 is 1.76 bits per heavy atom.